The second kappa shape index (κ2) is 8.50. The molecule has 3 aromatic carbocycles. The summed E-state index contributed by atoms with van der Waals surface area (Å²) in [6.45, 7) is 2.62. The number of aliphatic carboxylic acids is 1. The molecule has 3 nitrogen and oxygen atoms in total. The minimum absolute atomic E-state index is 0.153. The molecule has 0 fully saturated rings. The van der Waals surface area contributed by atoms with Gasteiger partial charge < -0.3 is 9.84 Å². The standard InChI is InChI=1S/C25H22O3S/c1-17-4-2-3-5-21(17)23-16-29-24-12-11-20(14-22(23)24)28-15-19-8-6-18(7-9-19)10-13-25(26)27/h2-9,11-12,14,16H,10,13,15H2,1H3,(H,26,27). The average molecular weight is 403 g/mol. The molecular formula is C25H22O3S. The summed E-state index contributed by atoms with van der Waals surface area (Å²) in [6, 6.07) is 22.6. The second-order valence-electron chi connectivity index (χ2n) is 7.12. The van der Waals surface area contributed by atoms with Gasteiger partial charge in [-0.25, -0.2) is 0 Å². The number of rotatable bonds is 7. The molecule has 0 unspecified atom stereocenters. The Labute approximate surface area is 174 Å². The van der Waals surface area contributed by atoms with Crippen LogP contribution in [0.25, 0.3) is 21.2 Å². The van der Waals surface area contributed by atoms with Crippen molar-refractivity contribution in [3.63, 3.8) is 0 Å². The highest BCUT2D eigenvalue weighted by atomic mass is 32.1. The van der Waals surface area contributed by atoms with Crippen molar-refractivity contribution in [2.75, 3.05) is 0 Å². The molecule has 0 aliphatic rings. The molecular weight excluding hydrogens is 380 g/mol. The number of ether oxygens (including phenoxy) is 1. The maximum Gasteiger partial charge on any atom is 0.303 e. The number of fused-ring (bicyclic) bond motifs is 1. The van der Waals surface area contributed by atoms with E-state index in [1.165, 1.54) is 26.8 Å². The third kappa shape index (κ3) is 4.49. The summed E-state index contributed by atoms with van der Waals surface area (Å²) in [5.41, 5.74) is 5.86. The predicted molar refractivity (Wildman–Crippen MR) is 119 cm³/mol. The van der Waals surface area contributed by atoms with Crippen LogP contribution in [-0.4, -0.2) is 11.1 Å². The molecule has 4 aromatic rings. The zero-order valence-corrected chi connectivity index (χ0v) is 17.0. The lowest BCUT2D eigenvalue weighted by Gasteiger charge is -2.09. The first-order valence-corrected chi connectivity index (χ1v) is 10.5. The average Bonchev–Trinajstić information content (AvgIpc) is 3.15. The van der Waals surface area contributed by atoms with Gasteiger partial charge in [0.25, 0.3) is 0 Å². The minimum Gasteiger partial charge on any atom is -0.489 e. The topological polar surface area (TPSA) is 46.5 Å². The van der Waals surface area contributed by atoms with E-state index >= 15 is 0 Å². The fourth-order valence-corrected chi connectivity index (χ4v) is 4.34. The Bertz CT molecular complexity index is 1140. The molecule has 0 aliphatic heterocycles. The Hall–Kier alpha value is -3.11. The molecule has 0 atom stereocenters. The number of aryl methyl sites for hydroxylation is 2. The number of thiophene rings is 1. The zero-order chi connectivity index (χ0) is 20.2. The van der Waals surface area contributed by atoms with Crippen LogP contribution in [0.2, 0.25) is 0 Å². The van der Waals surface area contributed by atoms with Crippen LogP contribution in [0.3, 0.4) is 0 Å². The Morgan fingerprint density at radius 3 is 2.48 bits per heavy atom. The van der Waals surface area contributed by atoms with Crippen LogP contribution in [0.15, 0.2) is 72.1 Å². The molecule has 146 valence electrons. The Kier molecular flexibility index (Phi) is 5.63. The second-order valence-corrected chi connectivity index (χ2v) is 8.03. The van der Waals surface area contributed by atoms with Gasteiger partial charge in [-0.1, -0.05) is 48.5 Å². The predicted octanol–water partition coefficient (Wildman–Crippen LogP) is 6.47. The summed E-state index contributed by atoms with van der Waals surface area (Å²) >= 11 is 1.75. The highest BCUT2D eigenvalue weighted by Gasteiger charge is 2.10. The molecule has 29 heavy (non-hydrogen) atoms. The molecule has 1 heterocycles. The van der Waals surface area contributed by atoms with E-state index in [0.29, 0.717) is 13.0 Å². The van der Waals surface area contributed by atoms with Crippen LogP contribution in [0.4, 0.5) is 0 Å². The van der Waals surface area contributed by atoms with Gasteiger partial charge in [0.2, 0.25) is 0 Å². The van der Waals surface area contributed by atoms with Crippen molar-refractivity contribution < 1.29 is 14.6 Å². The summed E-state index contributed by atoms with van der Waals surface area (Å²) in [5.74, 6) is 0.0759. The van der Waals surface area contributed by atoms with Gasteiger partial charge in [0.05, 0.1) is 0 Å². The Morgan fingerprint density at radius 2 is 1.72 bits per heavy atom. The third-order valence-electron chi connectivity index (χ3n) is 5.04. The fourth-order valence-electron chi connectivity index (χ4n) is 3.40. The number of carboxylic acids is 1. The number of benzene rings is 3. The SMILES string of the molecule is Cc1ccccc1-c1csc2ccc(OCc3ccc(CCC(=O)O)cc3)cc12. The van der Waals surface area contributed by atoms with Crippen molar-refractivity contribution in [1.29, 1.82) is 0 Å². The highest BCUT2D eigenvalue weighted by Crippen LogP contribution is 2.37. The summed E-state index contributed by atoms with van der Waals surface area (Å²) in [4.78, 5) is 10.7. The molecule has 4 rings (SSSR count). The lowest BCUT2D eigenvalue weighted by Crippen LogP contribution is -1.98. The van der Waals surface area contributed by atoms with E-state index in [0.717, 1.165) is 16.9 Å². The molecule has 1 N–H and O–H groups in total. The first-order valence-electron chi connectivity index (χ1n) is 9.60. The molecule has 0 saturated heterocycles. The number of hydrogen-bond donors (Lipinski definition) is 1. The van der Waals surface area contributed by atoms with Crippen LogP contribution < -0.4 is 4.74 Å². The van der Waals surface area contributed by atoms with Crippen molar-refractivity contribution in [3.8, 4) is 16.9 Å². The lowest BCUT2D eigenvalue weighted by atomic mass is 10.00. The van der Waals surface area contributed by atoms with E-state index in [1.807, 2.05) is 30.3 Å². The maximum atomic E-state index is 10.7. The highest BCUT2D eigenvalue weighted by molar-refractivity contribution is 7.17. The van der Waals surface area contributed by atoms with Crippen LogP contribution >= 0.6 is 11.3 Å². The van der Waals surface area contributed by atoms with Crippen molar-refractivity contribution >= 4 is 27.4 Å². The molecule has 0 bridgehead atoms. The summed E-state index contributed by atoms with van der Waals surface area (Å²) < 4.78 is 7.29. The molecule has 0 saturated carbocycles. The number of hydrogen-bond acceptors (Lipinski definition) is 3. The van der Waals surface area contributed by atoms with Crippen molar-refractivity contribution in [1.82, 2.24) is 0 Å². The quantitative estimate of drug-likeness (QED) is 0.385. The molecule has 4 heteroatoms. The molecule has 1 aromatic heterocycles. The van der Waals surface area contributed by atoms with Crippen LogP contribution in [0.5, 0.6) is 5.75 Å². The van der Waals surface area contributed by atoms with E-state index in [4.69, 9.17) is 9.84 Å². The first kappa shape index (κ1) is 19.2. The molecule has 0 radical (unpaired) electrons. The monoisotopic (exact) mass is 402 g/mol. The van der Waals surface area contributed by atoms with Gasteiger partial charge in [-0.15, -0.1) is 11.3 Å². The maximum absolute atomic E-state index is 10.7. The largest absolute Gasteiger partial charge is 0.489 e. The van der Waals surface area contributed by atoms with Gasteiger partial charge >= 0.3 is 5.97 Å². The van der Waals surface area contributed by atoms with Gasteiger partial charge in [-0.2, -0.15) is 0 Å². The van der Waals surface area contributed by atoms with Crippen molar-refractivity contribution in [2.24, 2.45) is 0 Å². The van der Waals surface area contributed by atoms with E-state index in [1.54, 1.807) is 11.3 Å². The summed E-state index contributed by atoms with van der Waals surface area (Å²) in [6.07, 6.45) is 0.701. The van der Waals surface area contributed by atoms with Gasteiger partial charge in [-0.3, -0.25) is 4.79 Å². The van der Waals surface area contributed by atoms with Crippen molar-refractivity contribution in [2.45, 2.75) is 26.4 Å². The number of carbonyl (C=O) groups is 1. The normalized spacial score (nSPS) is 10.9. The van der Waals surface area contributed by atoms with Crippen LogP contribution in [0.1, 0.15) is 23.1 Å². The molecule has 0 spiro atoms. The third-order valence-corrected chi connectivity index (χ3v) is 6.00. The van der Waals surface area contributed by atoms with Gasteiger partial charge in [0, 0.05) is 22.1 Å². The molecule has 0 aliphatic carbocycles. The van der Waals surface area contributed by atoms with Gasteiger partial charge in [0.15, 0.2) is 0 Å². The van der Waals surface area contributed by atoms with E-state index < -0.39 is 5.97 Å². The van der Waals surface area contributed by atoms with E-state index in [9.17, 15) is 4.79 Å². The van der Waals surface area contributed by atoms with Gasteiger partial charge in [-0.05, 0) is 59.2 Å². The van der Waals surface area contributed by atoms with E-state index in [2.05, 4.69) is 48.7 Å². The molecule has 0 amide bonds. The Balaban J connectivity index is 1.49. The van der Waals surface area contributed by atoms with Gasteiger partial charge in [0.1, 0.15) is 12.4 Å². The van der Waals surface area contributed by atoms with Crippen molar-refractivity contribution in [3.05, 3.63) is 88.8 Å². The zero-order valence-electron chi connectivity index (χ0n) is 16.2. The lowest BCUT2D eigenvalue weighted by molar-refractivity contribution is -0.136. The summed E-state index contributed by atoms with van der Waals surface area (Å²) in [7, 11) is 0. The van der Waals surface area contributed by atoms with E-state index in [-0.39, 0.29) is 6.42 Å². The number of carboxylic acid groups (broad SMARTS) is 1. The Morgan fingerprint density at radius 1 is 0.966 bits per heavy atom. The fraction of sp³-hybridized carbons (Fsp3) is 0.160. The first-order chi connectivity index (χ1) is 14.1. The smallest absolute Gasteiger partial charge is 0.303 e. The van der Waals surface area contributed by atoms with Crippen LogP contribution in [0, 0.1) is 6.92 Å². The minimum atomic E-state index is -0.772. The summed E-state index contributed by atoms with van der Waals surface area (Å²) in [5, 5.41) is 12.2. The van der Waals surface area contributed by atoms with Crippen LogP contribution in [-0.2, 0) is 17.8 Å².